The van der Waals surface area contributed by atoms with Crippen LogP contribution in [0.5, 0.6) is 11.5 Å². The molecule has 8 N–H and O–H groups in total. The second-order valence-corrected chi connectivity index (χ2v) is 10.9. The zero-order valence-corrected chi connectivity index (χ0v) is 24.3. The summed E-state index contributed by atoms with van der Waals surface area (Å²) in [5.74, 6) is -2.69. The number of hydrogen-bond acceptors (Lipinski definition) is 8. The highest BCUT2D eigenvalue weighted by atomic mass is 32.2. The second kappa shape index (κ2) is 16.5. The molecule has 0 aromatic heterocycles. The molecule has 0 radical (unpaired) electrons. The standard InChI is InChI=1S/C29H40N4O7S/c1-4-17(2)25(28(38)32-24(29(39)40)16-19-7-11-21(35)12-8-19)33-27(37)23(15-18-5-9-20(34)10-6-18)31-26(36)22(30)13-14-41-3/h5-12,17,22-25,34-35H,4,13-16,30H2,1-3H3,(H,31,36)(H,32,38)(H,33,37)(H,39,40). The summed E-state index contributed by atoms with van der Waals surface area (Å²) in [5.41, 5.74) is 7.26. The third-order valence-electron chi connectivity index (χ3n) is 6.76. The Hall–Kier alpha value is -3.77. The van der Waals surface area contributed by atoms with E-state index in [1.165, 1.54) is 24.3 Å². The van der Waals surface area contributed by atoms with Crippen LogP contribution in [0.4, 0.5) is 0 Å². The van der Waals surface area contributed by atoms with Crippen molar-refractivity contribution in [3.05, 3.63) is 59.7 Å². The van der Waals surface area contributed by atoms with Crippen molar-refractivity contribution in [1.29, 1.82) is 0 Å². The fourth-order valence-corrected chi connectivity index (χ4v) is 4.51. The van der Waals surface area contributed by atoms with Gasteiger partial charge in [-0.05, 0) is 59.7 Å². The average Bonchev–Trinajstić information content (AvgIpc) is 2.95. The second-order valence-electron chi connectivity index (χ2n) is 9.96. The number of carboxylic acids is 1. The number of phenols is 2. The van der Waals surface area contributed by atoms with Crippen molar-refractivity contribution < 1.29 is 34.5 Å². The lowest BCUT2D eigenvalue weighted by atomic mass is 9.96. The number of phenolic OH excluding ortho intramolecular Hbond substituents is 2. The van der Waals surface area contributed by atoms with Gasteiger partial charge in [-0.25, -0.2) is 4.79 Å². The van der Waals surface area contributed by atoms with E-state index in [2.05, 4.69) is 16.0 Å². The number of nitrogens with two attached hydrogens (primary N) is 1. The Morgan fingerprint density at radius 2 is 1.29 bits per heavy atom. The van der Waals surface area contributed by atoms with Crippen LogP contribution in [-0.2, 0) is 32.0 Å². The van der Waals surface area contributed by atoms with Crippen LogP contribution >= 0.6 is 11.8 Å². The lowest BCUT2D eigenvalue weighted by Crippen LogP contribution is -2.59. The van der Waals surface area contributed by atoms with Crippen LogP contribution in [0.25, 0.3) is 0 Å². The topological polar surface area (TPSA) is 191 Å². The summed E-state index contributed by atoms with van der Waals surface area (Å²) in [5, 5.41) is 36.8. The van der Waals surface area contributed by atoms with Gasteiger partial charge in [-0.2, -0.15) is 11.8 Å². The Labute approximate surface area is 244 Å². The molecule has 2 rings (SSSR count). The minimum absolute atomic E-state index is 0.0309. The summed E-state index contributed by atoms with van der Waals surface area (Å²) in [6.45, 7) is 3.59. The molecule has 224 valence electrons. The van der Waals surface area contributed by atoms with Gasteiger partial charge in [0, 0.05) is 12.8 Å². The number of thioether (sulfide) groups is 1. The van der Waals surface area contributed by atoms with Crippen LogP contribution < -0.4 is 21.7 Å². The molecule has 0 aliphatic carbocycles. The number of hydrogen-bond donors (Lipinski definition) is 7. The van der Waals surface area contributed by atoms with Crippen molar-refractivity contribution in [2.75, 3.05) is 12.0 Å². The van der Waals surface area contributed by atoms with E-state index >= 15 is 0 Å². The number of carboxylic acid groups (broad SMARTS) is 1. The zero-order valence-electron chi connectivity index (χ0n) is 23.5. The van der Waals surface area contributed by atoms with E-state index in [1.807, 2.05) is 13.2 Å². The van der Waals surface area contributed by atoms with E-state index in [4.69, 9.17) is 5.73 Å². The number of benzene rings is 2. The highest BCUT2D eigenvalue weighted by molar-refractivity contribution is 7.98. The van der Waals surface area contributed by atoms with Crippen molar-refractivity contribution in [3.8, 4) is 11.5 Å². The summed E-state index contributed by atoms with van der Waals surface area (Å²) >= 11 is 1.54. The third kappa shape index (κ3) is 11.0. The molecule has 5 unspecified atom stereocenters. The lowest BCUT2D eigenvalue weighted by molar-refractivity contribution is -0.142. The van der Waals surface area contributed by atoms with Crippen molar-refractivity contribution in [2.45, 2.75) is 63.7 Å². The molecular formula is C29H40N4O7S. The molecule has 0 aliphatic heterocycles. The minimum atomic E-state index is -1.28. The van der Waals surface area contributed by atoms with Crippen LogP contribution in [0.3, 0.4) is 0 Å². The number of rotatable bonds is 16. The van der Waals surface area contributed by atoms with Gasteiger partial charge >= 0.3 is 5.97 Å². The molecule has 0 aliphatic rings. The molecule has 0 bridgehead atoms. The first-order valence-corrected chi connectivity index (χ1v) is 14.8. The average molecular weight is 589 g/mol. The molecule has 0 heterocycles. The molecule has 0 saturated carbocycles. The van der Waals surface area contributed by atoms with Crippen LogP contribution in [0.2, 0.25) is 0 Å². The van der Waals surface area contributed by atoms with Crippen LogP contribution in [0.1, 0.15) is 37.8 Å². The minimum Gasteiger partial charge on any atom is -0.508 e. The number of carbonyl (C=O) groups excluding carboxylic acids is 3. The molecule has 0 fully saturated rings. The van der Waals surface area contributed by atoms with E-state index in [0.29, 0.717) is 29.7 Å². The Kier molecular flexibility index (Phi) is 13.4. The highest BCUT2D eigenvalue weighted by Gasteiger charge is 2.33. The molecule has 2 aromatic carbocycles. The Bertz CT molecular complexity index is 1160. The summed E-state index contributed by atoms with van der Waals surface area (Å²) in [7, 11) is 0. The summed E-state index contributed by atoms with van der Waals surface area (Å²) < 4.78 is 0. The molecule has 3 amide bonds. The monoisotopic (exact) mass is 588 g/mol. The van der Waals surface area contributed by atoms with Gasteiger partial charge in [0.1, 0.15) is 29.6 Å². The van der Waals surface area contributed by atoms with Crippen molar-refractivity contribution in [1.82, 2.24) is 16.0 Å². The predicted octanol–water partition coefficient (Wildman–Crippen LogP) is 1.55. The Balaban J connectivity index is 2.24. The van der Waals surface area contributed by atoms with Gasteiger partial charge in [-0.1, -0.05) is 44.5 Å². The maximum absolute atomic E-state index is 13.5. The molecule has 12 heteroatoms. The van der Waals surface area contributed by atoms with Gasteiger partial charge in [0.15, 0.2) is 0 Å². The van der Waals surface area contributed by atoms with E-state index in [9.17, 15) is 34.5 Å². The Morgan fingerprint density at radius 1 is 0.805 bits per heavy atom. The predicted molar refractivity (Wildman–Crippen MR) is 157 cm³/mol. The quantitative estimate of drug-likeness (QED) is 0.152. The highest BCUT2D eigenvalue weighted by Crippen LogP contribution is 2.15. The van der Waals surface area contributed by atoms with Crippen LogP contribution in [0.15, 0.2) is 48.5 Å². The maximum Gasteiger partial charge on any atom is 0.326 e. The fraction of sp³-hybridized carbons (Fsp3) is 0.448. The van der Waals surface area contributed by atoms with Gasteiger partial charge in [0.25, 0.3) is 0 Å². The molecule has 5 atom stereocenters. The summed E-state index contributed by atoms with van der Waals surface area (Å²) in [4.78, 5) is 51.6. The lowest BCUT2D eigenvalue weighted by Gasteiger charge is -2.28. The van der Waals surface area contributed by atoms with Gasteiger partial charge in [-0.15, -0.1) is 0 Å². The molecule has 2 aromatic rings. The SMILES string of the molecule is CCC(C)C(NC(=O)C(Cc1ccc(O)cc1)NC(=O)C(N)CCSC)C(=O)NC(Cc1ccc(O)cc1)C(=O)O. The fourth-order valence-electron chi connectivity index (χ4n) is 4.02. The van der Waals surface area contributed by atoms with E-state index in [1.54, 1.807) is 43.0 Å². The smallest absolute Gasteiger partial charge is 0.326 e. The van der Waals surface area contributed by atoms with Gasteiger partial charge in [0.05, 0.1) is 6.04 Å². The van der Waals surface area contributed by atoms with Gasteiger partial charge in [0.2, 0.25) is 17.7 Å². The molecular weight excluding hydrogens is 548 g/mol. The number of aromatic hydroxyl groups is 2. The Morgan fingerprint density at radius 3 is 1.76 bits per heavy atom. The van der Waals surface area contributed by atoms with Gasteiger partial charge in [-0.3, -0.25) is 14.4 Å². The number of carbonyl (C=O) groups is 4. The van der Waals surface area contributed by atoms with Crippen molar-refractivity contribution in [2.24, 2.45) is 11.7 Å². The van der Waals surface area contributed by atoms with Crippen molar-refractivity contribution in [3.63, 3.8) is 0 Å². The molecule has 0 saturated heterocycles. The zero-order chi connectivity index (χ0) is 30.5. The summed E-state index contributed by atoms with van der Waals surface area (Å²) in [6, 6.07) is 7.86. The summed E-state index contributed by atoms with van der Waals surface area (Å²) in [6.07, 6.45) is 2.85. The first-order chi connectivity index (χ1) is 19.4. The van der Waals surface area contributed by atoms with E-state index < -0.39 is 47.9 Å². The van der Waals surface area contributed by atoms with Crippen LogP contribution in [-0.4, -0.2) is 75.2 Å². The number of aliphatic carboxylic acids is 1. The van der Waals surface area contributed by atoms with E-state index in [0.717, 1.165) is 0 Å². The molecule has 41 heavy (non-hydrogen) atoms. The normalized spacial score (nSPS) is 14.6. The molecule has 11 nitrogen and oxygen atoms in total. The van der Waals surface area contributed by atoms with E-state index in [-0.39, 0.29) is 30.3 Å². The van der Waals surface area contributed by atoms with Crippen molar-refractivity contribution >= 4 is 35.5 Å². The first-order valence-electron chi connectivity index (χ1n) is 13.4. The first kappa shape index (κ1) is 33.4. The number of amides is 3. The van der Waals surface area contributed by atoms with Crippen LogP contribution in [0, 0.1) is 5.92 Å². The molecule has 0 spiro atoms. The maximum atomic E-state index is 13.5. The largest absolute Gasteiger partial charge is 0.508 e. The van der Waals surface area contributed by atoms with Gasteiger partial charge < -0.3 is 37.0 Å². The number of nitrogens with one attached hydrogen (secondary N) is 3. The third-order valence-corrected chi connectivity index (χ3v) is 7.41.